The van der Waals surface area contributed by atoms with Crippen LogP contribution in [-0.4, -0.2) is 37.5 Å². The molecule has 0 bridgehead atoms. The van der Waals surface area contributed by atoms with Gasteiger partial charge in [0.25, 0.3) is 0 Å². The minimum Gasteiger partial charge on any atom is -0.356 e. The van der Waals surface area contributed by atoms with Crippen molar-refractivity contribution in [2.24, 2.45) is 10.4 Å². The molecule has 0 spiro atoms. The minimum atomic E-state index is 0.413. The average Bonchev–Trinajstić information content (AvgIpc) is 3.01. The van der Waals surface area contributed by atoms with Crippen LogP contribution in [0.3, 0.4) is 0 Å². The Kier molecular flexibility index (Phi) is 3.40. The highest BCUT2D eigenvalue weighted by Gasteiger charge is 2.42. The topological polar surface area (TPSA) is 27.6 Å². The lowest BCUT2D eigenvalue weighted by atomic mass is 9.96. The molecule has 1 heterocycles. The molecule has 0 radical (unpaired) electrons. The van der Waals surface area contributed by atoms with Crippen LogP contribution in [0.5, 0.6) is 0 Å². The van der Waals surface area contributed by atoms with Gasteiger partial charge < -0.3 is 10.2 Å². The van der Waals surface area contributed by atoms with Crippen LogP contribution in [0.4, 0.5) is 0 Å². The van der Waals surface area contributed by atoms with Crippen molar-refractivity contribution in [1.29, 1.82) is 0 Å². The number of rotatable bonds is 4. The molecule has 19 heavy (non-hydrogen) atoms. The maximum absolute atomic E-state index is 6.05. The second kappa shape index (κ2) is 5.04. The first-order chi connectivity index (χ1) is 9.17. The SMILES string of the molecule is CN1CCN=C1NCC1(Cc2cccc(Cl)c2)CC1. The number of halogens is 1. The van der Waals surface area contributed by atoms with E-state index in [0.29, 0.717) is 5.41 Å². The second-order valence-electron chi connectivity index (χ2n) is 5.79. The Morgan fingerprint density at radius 1 is 1.42 bits per heavy atom. The zero-order valence-electron chi connectivity index (χ0n) is 11.3. The summed E-state index contributed by atoms with van der Waals surface area (Å²) in [4.78, 5) is 6.67. The van der Waals surface area contributed by atoms with Gasteiger partial charge in [0.05, 0.1) is 6.54 Å². The van der Waals surface area contributed by atoms with E-state index < -0.39 is 0 Å². The lowest BCUT2D eigenvalue weighted by Crippen LogP contribution is -2.39. The number of guanidine groups is 1. The van der Waals surface area contributed by atoms with Gasteiger partial charge in [0.15, 0.2) is 5.96 Å². The van der Waals surface area contributed by atoms with Crippen LogP contribution in [0.15, 0.2) is 29.3 Å². The lowest BCUT2D eigenvalue weighted by molar-refractivity contribution is 0.470. The van der Waals surface area contributed by atoms with Gasteiger partial charge in [-0.3, -0.25) is 4.99 Å². The molecule has 1 aromatic carbocycles. The van der Waals surface area contributed by atoms with Gasteiger partial charge >= 0.3 is 0 Å². The molecular weight excluding hydrogens is 258 g/mol. The van der Waals surface area contributed by atoms with Gasteiger partial charge in [-0.15, -0.1) is 0 Å². The summed E-state index contributed by atoms with van der Waals surface area (Å²) in [5, 5.41) is 4.35. The van der Waals surface area contributed by atoms with Crippen molar-refractivity contribution in [3.05, 3.63) is 34.9 Å². The zero-order chi connectivity index (χ0) is 13.3. The van der Waals surface area contributed by atoms with Crippen LogP contribution < -0.4 is 5.32 Å². The largest absolute Gasteiger partial charge is 0.356 e. The van der Waals surface area contributed by atoms with E-state index in [4.69, 9.17) is 11.6 Å². The van der Waals surface area contributed by atoms with Gasteiger partial charge in [-0.1, -0.05) is 23.7 Å². The van der Waals surface area contributed by atoms with E-state index in [1.165, 1.54) is 18.4 Å². The van der Waals surface area contributed by atoms with Crippen molar-refractivity contribution in [3.8, 4) is 0 Å². The molecule has 0 unspecified atom stereocenters. The monoisotopic (exact) mass is 277 g/mol. The Morgan fingerprint density at radius 2 is 2.26 bits per heavy atom. The molecule has 1 N–H and O–H groups in total. The fraction of sp³-hybridized carbons (Fsp3) is 0.533. The Morgan fingerprint density at radius 3 is 2.89 bits per heavy atom. The van der Waals surface area contributed by atoms with E-state index in [1.807, 2.05) is 12.1 Å². The van der Waals surface area contributed by atoms with Crippen LogP contribution in [0.2, 0.25) is 5.02 Å². The molecule has 102 valence electrons. The number of nitrogens with zero attached hydrogens (tertiary/aromatic N) is 2. The highest BCUT2D eigenvalue weighted by Crippen LogP contribution is 2.48. The molecule has 3 nitrogen and oxygen atoms in total. The maximum Gasteiger partial charge on any atom is 0.193 e. The minimum absolute atomic E-state index is 0.413. The van der Waals surface area contributed by atoms with Gasteiger partial charge in [0.2, 0.25) is 0 Å². The van der Waals surface area contributed by atoms with E-state index in [2.05, 4.69) is 34.4 Å². The molecule has 3 rings (SSSR count). The van der Waals surface area contributed by atoms with E-state index >= 15 is 0 Å². The number of hydrogen-bond donors (Lipinski definition) is 1. The van der Waals surface area contributed by atoms with Crippen molar-refractivity contribution in [2.45, 2.75) is 19.3 Å². The first kappa shape index (κ1) is 12.8. The fourth-order valence-electron chi connectivity index (χ4n) is 2.66. The highest BCUT2D eigenvalue weighted by molar-refractivity contribution is 6.30. The van der Waals surface area contributed by atoms with Crippen molar-refractivity contribution in [2.75, 3.05) is 26.7 Å². The second-order valence-corrected chi connectivity index (χ2v) is 6.22. The summed E-state index contributed by atoms with van der Waals surface area (Å²) in [6, 6.07) is 8.23. The number of hydrogen-bond acceptors (Lipinski definition) is 3. The Hall–Kier alpha value is -1.22. The summed E-state index contributed by atoms with van der Waals surface area (Å²) in [7, 11) is 2.09. The Bertz CT molecular complexity index is 494. The third-order valence-electron chi connectivity index (χ3n) is 4.11. The smallest absolute Gasteiger partial charge is 0.193 e. The molecule has 1 fully saturated rings. The molecule has 0 aromatic heterocycles. The van der Waals surface area contributed by atoms with E-state index in [9.17, 15) is 0 Å². The van der Waals surface area contributed by atoms with E-state index in [-0.39, 0.29) is 0 Å². The van der Waals surface area contributed by atoms with Gasteiger partial charge in [-0.05, 0) is 42.4 Å². The molecule has 1 aliphatic heterocycles. The molecule has 1 aliphatic carbocycles. The Balaban J connectivity index is 1.58. The van der Waals surface area contributed by atoms with E-state index in [0.717, 1.165) is 37.0 Å². The summed E-state index contributed by atoms with van der Waals surface area (Å²) >= 11 is 6.05. The van der Waals surface area contributed by atoms with Crippen LogP contribution in [0.1, 0.15) is 18.4 Å². The van der Waals surface area contributed by atoms with Gasteiger partial charge in [-0.2, -0.15) is 0 Å². The van der Waals surface area contributed by atoms with E-state index in [1.54, 1.807) is 0 Å². The lowest BCUT2D eigenvalue weighted by Gasteiger charge is -2.20. The van der Waals surface area contributed by atoms with Gasteiger partial charge in [0.1, 0.15) is 0 Å². The predicted octanol–water partition coefficient (Wildman–Crippen LogP) is 2.55. The highest BCUT2D eigenvalue weighted by atomic mass is 35.5. The third kappa shape index (κ3) is 3.03. The van der Waals surface area contributed by atoms with Crippen molar-refractivity contribution in [1.82, 2.24) is 10.2 Å². The first-order valence-electron chi connectivity index (χ1n) is 6.91. The normalized spacial score (nSPS) is 20.3. The van der Waals surface area contributed by atoms with Crippen molar-refractivity contribution in [3.63, 3.8) is 0 Å². The zero-order valence-corrected chi connectivity index (χ0v) is 12.1. The average molecular weight is 278 g/mol. The van der Waals surface area contributed by atoms with Crippen LogP contribution >= 0.6 is 11.6 Å². The van der Waals surface area contributed by atoms with Gasteiger partial charge in [0, 0.05) is 25.2 Å². The molecule has 1 saturated carbocycles. The molecule has 0 amide bonds. The van der Waals surface area contributed by atoms with Crippen LogP contribution in [-0.2, 0) is 6.42 Å². The quantitative estimate of drug-likeness (QED) is 0.916. The summed E-state index contributed by atoms with van der Waals surface area (Å²) in [5.74, 6) is 1.05. The number of aliphatic imine (C=N–C) groups is 1. The van der Waals surface area contributed by atoms with Crippen LogP contribution in [0, 0.1) is 5.41 Å². The molecule has 4 heteroatoms. The summed E-state index contributed by atoms with van der Waals surface area (Å²) in [6.45, 7) is 2.96. The summed E-state index contributed by atoms with van der Waals surface area (Å²) in [5.41, 5.74) is 1.75. The number of benzene rings is 1. The molecule has 1 aromatic rings. The summed E-state index contributed by atoms with van der Waals surface area (Å²) in [6.07, 6.45) is 3.70. The van der Waals surface area contributed by atoms with Gasteiger partial charge in [-0.25, -0.2) is 0 Å². The molecular formula is C15H20ClN3. The van der Waals surface area contributed by atoms with Crippen molar-refractivity contribution >= 4 is 17.6 Å². The fourth-order valence-corrected chi connectivity index (χ4v) is 2.88. The standard InChI is InChI=1S/C15H20ClN3/c1-19-8-7-17-14(19)18-11-15(5-6-15)10-12-3-2-4-13(16)9-12/h2-4,9H,5-8,10-11H2,1H3,(H,17,18). The number of likely N-dealkylation sites (N-methyl/N-ethyl adjacent to an activating group) is 1. The number of nitrogens with one attached hydrogen (secondary N) is 1. The molecule has 0 saturated heterocycles. The molecule has 2 aliphatic rings. The predicted molar refractivity (Wildman–Crippen MR) is 79.8 cm³/mol. The molecule has 0 atom stereocenters. The maximum atomic E-state index is 6.05. The van der Waals surface area contributed by atoms with Crippen molar-refractivity contribution < 1.29 is 0 Å². The third-order valence-corrected chi connectivity index (χ3v) is 4.34. The van der Waals surface area contributed by atoms with Crippen LogP contribution in [0.25, 0.3) is 0 Å². The first-order valence-corrected chi connectivity index (χ1v) is 7.29. The summed E-state index contributed by atoms with van der Waals surface area (Å²) < 4.78 is 0. The Labute approximate surface area is 119 Å².